The first-order valence-electron chi connectivity index (χ1n) is 4.15. The van der Waals surface area contributed by atoms with Crippen LogP contribution in [0.4, 0.5) is 10.6 Å². The molecule has 0 atom stereocenters. The van der Waals surface area contributed by atoms with Crippen LogP contribution in [0.2, 0.25) is 5.02 Å². The standard InChI is InChI=1S/C9H8ClN3O2/c1-15-9(14)13-7-4-5(10)2-3-6(7)8(11)12-13/h2-4H,1H3,(H2,11,12). The quantitative estimate of drug-likeness (QED) is 0.743. The van der Waals surface area contributed by atoms with Crippen molar-refractivity contribution >= 4 is 34.4 Å². The van der Waals surface area contributed by atoms with Crippen molar-refractivity contribution in [1.82, 2.24) is 9.78 Å². The third kappa shape index (κ3) is 1.50. The average molecular weight is 226 g/mol. The lowest BCUT2D eigenvalue weighted by molar-refractivity contribution is 0.170. The number of hydrogen-bond donors (Lipinski definition) is 1. The zero-order valence-corrected chi connectivity index (χ0v) is 8.65. The zero-order chi connectivity index (χ0) is 11.0. The number of aromatic nitrogens is 2. The van der Waals surface area contributed by atoms with E-state index >= 15 is 0 Å². The van der Waals surface area contributed by atoms with Crippen LogP contribution in [0.5, 0.6) is 0 Å². The molecule has 2 aromatic rings. The van der Waals surface area contributed by atoms with E-state index in [1.807, 2.05) is 0 Å². The molecule has 0 saturated carbocycles. The SMILES string of the molecule is COC(=O)n1nc(N)c2ccc(Cl)cc21. The molecular formula is C9H8ClN3O2. The fourth-order valence-electron chi connectivity index (χ4n) is 1.34. The van der Waals surface area contributed by atoms with Gasteiger partial charge in [0.15, 0.2) is 5.82 Å². The Labute approximate surface area is 90.4 Å². The number of anilines is 1. The number of nitrogens with two attached hydrogens (primary N) is 1. The molecule has 0 radical (unpaired) electrons. The highest BCUT2D eigenvalue weighted by Crippen LogP contribution is 2.23. The van der Waals surface area contributed by atoms with Crippen LogP contribution < -0.4 is 5.73 Å². The normalized spacial score (nSPS) is 10.5. The molecule has 2 N–H and O–H groups in total. The first-order chi connectivity index (χ1) is 7.13. The highest BCUT2D eigenvalue weighted by atomic mass is 35.5. The summed E-state index contributed by atoms with van der Waals surface area (Å²) < 4.78 is 5.64. The number of nitrogen functional groups attached to an aromatic ring is 1. The first-order valence-corrected chi connectivity index (χ1v) is 4.53. The summed E-state index contributed by atoms with van der Waals surface area (Å²) in [5, 5.41) is 5.04. The molecule has 6 heteroatoms. The molecule has 1 aromatic carbocycles. The number of ether oxygens (including phenoxy) is 1. The highest BCUT2D eigenvalue weighted by Gasteiger charge is 2.14. The summed E-state index contributed by atoms with van der Waals surface area (Å²) in [6.45, 7) is 0. The van der Waals surface area contributed by atoms with Gasteiger partial charge in [0.1, 0.15) is 0 Å². The van der Waals surface area contributed by atoms with E-state index in [1.165, 1.54) is 7.11 Å². The lowest BCUT2D eigenvalue weighted by Crippen LogP contribution is -2.12. The Kier molecular flexibility index (Phi) is 2.24. The topological polar surface area (TPSA) is 70.1 Å². The molecule has 5 nitrogen and oxygen atoms in total. The van der Waals surface area contributed by atoms with Crippen molar-refractivity contribution < 1.29 is 9.53 Å². The summed E-state index contributed by atoms with van der Waals surface area (Å²) in [5.74, 6) is 0.270. The number of carbonyl (C=O) groups excluding carboxylic acids is 1. The maximum Gasteiger partial charge on any atom is 0.435 e. The number of fused-ring (bicyclic) bond motifs is 1. The number of hydrogen-bond acceptors (Lipinski definition) is 4. The Morgan fingerprint density at radius 3 is 3.00 bits per heavy atom. The molecule has 0 unspecified atom stereocenters. The van der Waals surface area contributed by atoms with Gasteiger partial charge in [-0.1, -0.05) is 11.6 Å². The minimum atomic E-state index is -0.598. The van der Waals surface area contributed by atoms with E-state index in [0.717, 1.165) is 4.68 Å². The summed E-state index contributed by atoms with van der Waals surface area (Å²) in [6, 6.07) is 5.00. The van der Waals surface area contributed by atoms with Gasteiger partial charge in [-0.3, -0.25) is 0 Å². The highest BCUT2D eigenvalue weighted by molar-refractivity contribution is 6.31. The molecule has 0 saturated heterocycles. The largest absolute Gasteiger partial charge is 0.451 e. The van der Waals surface area contributed by atoms with E-state index in [-0.39, 0.29) is 5.82 Å². The van der Waals surface area contributed by atoms with Gasteiger partial charge in [-0.25, -0.2) is 4.79 Å². The second-order valence-electron chi connectivity index (χ2n) is 2.93. The van der Waals surface area contributed by atoms with Crippen molar-refractivity contribution in [3.8, 4) is 0 Å². The molecule has 78 valence electrons. The van der Waals surface area contributed by atoms with E-state index in [1.54, 1.807) is 18.2 Å². The molecule has 0 fully saturated rings. The summed E-state index contributed by atoms with van der Waals surface area (Å²) >= 11 is 5.81. The predicted octanol–water partition coefficient (Wildman–Crippen LogP) is 1.89. The maximum absolute atomic E-state index is 11.3. The third-order valence-corrected chi connectivity index (χ3v) is 2.25. The first kappa shape index (κ1) is 9.79. The van der Waals surface area contributed by atoms with Crippen molar-refractivity contribution in [2.24, 2.45) is 0 Å². The Hall–Kier alpha value is -1.75. The van der Waals surface area contributed by atoms with Crippen LogP contribution in [-0.4, -0.2) is 23.0 Å². The van der Waals surface area contributed by atoms with Crippen LogP contribution in [-0.2, 0) is 4.74 Å². The van der Waals surface area contributed by atoms with Crippen LogP contribution in [0.3, 0.4) is 0 Å². The van der Waals surface area contributed by atoms with Gasteiger partial charge in [-0.05, 0) is 18.2 Å². The van der Waals surface area contributed by atoms with Crippen molar-refractivity contribution in [3.05, 3.63) is 23.2 Å². The van der Waals surface area contributed by atoms with Crippen molar-refractivity contribution in [2.75, 3.05) is 12.8 Å². The number of rotatable bonds is 0. The van der Waals surface area contributed by atoms with Gasteiger partial charge in [0.05, 0.1) is 12.6 Å². The fourth-order valence-corrected chi connectivity index (χ4v) is 1.50. The lowest BCUT2D eigenvalue weighted by atomic mass is 10.2. The fraction of sp³-hybridized carbons (Fsp3) is 0.111. The van der Waals surface area contributed by atoms with Crippen LogP contribution >= 0.6 is 11.6 Å². The number of benzene rings is 1. The number of methoxy groups -OCH3 is 1. The Balaban J connectivity index is 2.75. The van der Waals surface area contributed by atoms with Crippen molar-refractivity contribution in [3.63, 3.8) is 0 Å². The van der Waals surface area contributed by atoms with Crippen LogP contribution in [0.1, 0.15) is 0 Å². The van der Waals surface area contributed by atoms with Gasteiger partial charge in [-0.2, -0.15) is 4.68 Å². The summed E-state index contributed by atoms with van der Waals surface area (Å²) in [6.07, 6.45) is -0.598. The maximum atomic E-state index is 11.3. The number of nitrogens with zero attached hydrogens (tertiary/aromatic N) is 2. The van der Waals surface area contributed by atoms with Crippen LogP contribution in [0.15, 0.2) is 18.2 Å². The molecular weight excluding hydrogens is 218 g/mol. The average Bonchev–Trinajstić information content (AvgIpc) is 2.54. The molecule has 0 bridgehead atoms. The van der Waals surface area contributed by atoms with Gasteiger partial charge in [0, 0.05) is 10.4 Å². The number of carbonyl (C=O) groups is 1. The van der Waals surface area contributed by atoms with E-state index < -0.39 is 6.09 Å². The number of halogens is 1. The third-order valence-electron chi connectivity index (χ3n) is 2.02. The molecule has 0 aliphatic carbocycles. The summed E-state index contributed by atoms with van der Waals surface area (Å²) in [5.41, 5.74) is 6.17. The molecule has 15 heavy (non-hydrogen) atoms. The van der Waals surface area contributed by atoms with Crippen molar-refractivity contribution in [1.29, 1.82) is 0 Å². The predicted molar refractivity (Wildman–Crippen MR) is 57.0 cm³/mol. The van der Waals surface area contributed by atoms with E-state index in [2.05, 4.69) is 9.84 Å². The molecule has 0 spiro atoms. The van der Waals surface area contributed by atoms with Gasteiger partial charge in [0.25, 0.3) is 0 Å². The second kappa shape index (κ2) is 3.43. The molecule has 0 aliphatic heterocycles. The summed E-state index contributed by atoms with van der Waals surface area (Å²) in [4.78, 5) is 11.3. The van der Waals surface area contributed by atoms with Gasteiger partial charge >= 0.3 is 6.09 Å². The van der Waals surface area contributed by atoms with Crippen LogP contribution in [0, 0.1) is 0 Å². The van der Waals surface area contributed by atoms with E-state index in [9.17, 15) is 4.79 Å². The Morgan fingerprint density at radius 2 is 2.33 bits per heavy atom. The monoisotopic (exact) mass is 225 g/mol. The second-order valence-corrected chi connectivity index (χ2v) is 3.36. The minimum Gasteiger partial charge on any atom is -0.451 e. The van der Waals surface area contributed by atoms with Gasteiger partial charge in [0.2, 0.25) is 0 Å². The minimum absolute atomic E-state index is 0.270. The lowest BCUT2D eigenvalue weighted by Gasteiger charge is -1.99. The van der Waals surface area contributed by atoms with Crippen LogP contribution in [0.25, 0.3) is 10.9 Å². The Morgan fingerprint density at radius 1 is 1.60 bits per heavy atom. The van der Waals surface area contributed by atoms with E-state index in [4.69, 9.17) is 17.3 Å². The van der Waals surface area contributed by atoms with Gasteiger partial charge < -0.3 is 10.5 Å². The molecule has 1 heterocycles. The Bertz CT molecular complexity index is 535. The smallest absolute Gasteiger partial charge is 0.435 e. The summed E-state index contributed by atoms with van der Waals surface area (Å²) in [7, 11) is 1.27. The van der Waals surface area contributed by atoms with E-state index in [0.29, 0.717) is 15.9 Å². The molecule has 1 aromatic heterocycles. The van der Waals surface area contributed by atoms with Gasteiger partial charge in [-0.15, -0.1) is 5.10 Å². The molecule has 2 rings (SSSR count). The molecule has 0 amide bonds. The van der Waals surface area contributed by atoms with Crippen molar-refractivity contribution in [2.45, 2.75) is 0 Å². The zero-order valence-electron chi connectivity index (χ0n) is 7.90. The molecule has 0 aliphatic rings.